The minimum absolute atomic E-state index is 0.00197. The SMILES string of the molecule is COc1cc2ncnc(Nc3ccc(F)c(Cl)c3)c2cc1OCCCOc1ccc(C(=O)NO)cc1. The molecule has 186 valence electrons. The summed E-state index contributed by atoms with van der Waals surface area (Å²) in [7, 11) is 1.54. The first-order valence-corrected chi connectivity index (χ1v) is 11.2. The smallest absolute Gasteiger partial charge is 0.274 e. The van der Waals surface area contributed by atoms with Gasteiger partial charge in [-0.05, 0) is 48.5 Å². The molecule has 11 heteroatoms. The Morgan fingerprint density at radius 3 is 2.53 bits per heavy atom. The first-order valence-electron chi connectivity index (χ1n) is 10.8. The number of nitrogens with one attached hydrogen (secondary N) is 2. The Morgan fingerprint density at radius 1 is 1.03 bits per heavy atom. The van der Waals surface area contributed by atoms with E-state index in [0.717, 1.165) is 0 Å². The number of halogens is 2. The standard InChI is InChI=1S/C25H22ClFN4O5/c1-34-22-13-21-18(24(29-14-28-21)30-16-5-8-20(27)19(26)11-16)12-23(22)36-10-2-9-35-17-6-3-15(4-7-17)25(32)31-33/h3-8,11-14,33H,2,9-10H2,1H3,(H,31,32)(H,28,29,30). The summed E-state index contributed by atoms with van der Waals surface area (Å²) in [5, 5.41) is 12.5. The molecule has 3 aromatic carbocycles. The van der Waals surface area contributed by atoms with E-state index in [1.165, 1.54) is 18.5 Å². The summed E-state index contributed by atoms with van der Waals surface area (Å²) in [6, 6.07) is 14.2. The fraction of sp³-hybridized carbons (Fsp3) is 0.160. The zero-order valence-electron chi connectivity index (χ0n) is 19.1. The second kappa shape index (κ2) is 11.5. The number of fused-ring (bicyclic) bond motifs is 1. The van der Waals surface area contributed by atoms with E-state index in [0.29, 0.717) is 64.9 Å². The molecule has 0 unspecified atom stereocenters. The van der Waals surface area contributed by atoms with Crippen molar-refractivity contribution in [2.45, 2.75) is 6.42 Å². The quantitative estimate of drug-likeness (QED) is 0.152. The normalized spacial score (nSPS) is 10.7. The van der Waals surface area contributed by atoms with E-state index >= 15 is 0 Å². The van der Waals surface area contributed by atoms with Crippen molar-refractivity contribution in [3.63, 3.8) is 0 Å². The predicted octanol–water partition coefficient (Wildman–Crippen LogP) is 5.14. The number of amides is 1. The van der Waals surface area contributed by atoms with Crippen molar-refractivity contribution >= 4 is 39.9 Å². The van der Waals surface area contributed by atoms with Gasteiger partial charge in [-0.1, -0.05) is 11.6 Å². The fourth-order valence-electron chi connectivity index (χ4n) is 3.34. The van der Waals surface area contributed by atoms with Crippen molar-refractivity contribution < 1.29 is 28.6 Å². The van der Waals surface area contributed by atoms with Crippen LogP contribution in [0.1, 0.15) is 16.8 Å². The van der Waals surface area contributed by atoms with Gasteiger partial charge in [0.2, 0.25) is 0 Å². The number of carbonyl (C=O) groups is 1. The second-order valence-corrected chi connectivity index (χ2v) is 7.92. The number of methoxy groups -OCH3 is 1. The number of ether oxygens (including phenoxy) is 3. The maximum absolute atomic E-state index is 13.5. The van der Waals surface area contributed by atoms with Crippen LogP contribution in [0.25, 0.3) is 10.9 Å². The number of benzene rings is 3. The monoisotopic (exact) mass is 512 g/mol. The third-order valence-corrected chi connectivity index (χ3v) is 5.43. The number of hydroxylamine groups is 1. The molecule has 0 bridgehead atoms. The first kappa shape index (κ1) is 25.0. The van der Waals surface area contributed by atoms with Gasteiger partial charge in [0.05, 0.1) is 30.9 Å². The summed E-state index contributed by atoms with van der Waals surface area (Å²) in [5.74, 6) is 0.989. The molecule has 9 nitrogen and oxygen atoms in total. The Balaban J connectivity index is 1.41. The van der Waals surface area contributed by atoms with Gasteiger partial charge in [-0.25, -0.2) is 19.8 Å². The maximum Gasteiger partial charge on any atom is 0.274 e. The van der Waals surface area contributed by atoms with E-state index in [1.807, 2.05) is 0 Å². The van der Waals surface area contributed by atoms with Gasteiger partial charge in [0.25, 0.3) is 5.91 Å². The molecule has 4 rings (SSSR count). The highest BCUT2D eigenvalue weighted by Crippen LogP contribution is 2.35. The summed E-state index contributed by atoms with van der Waals surface area (Å²) in [4.78, 5) is 20.0. The average Bonchev–Trinajstić information content (AvgIpc) is 2.90. The summed E-state index contributed by atoms with van der Waals surface area (Å²) < 4.78 is 30.6. The molecular formula is C25H22ClFN4O5. The van der Waals surface area contributed by atoms with Crippen LogP contribution < -0.4 is 25.0 Å². The van der Waals surface area contributed by atoms with Crippen molar-refractivity contribution in [1.29, 1.82) is 0 Å². The highest BCUT2D eigenvalue weighted by molar-refractivity contribution is 6.31. The van der Waals surface area contributed by atoms with Crippen molar-refractivity contribution in [3.8, 4) is 17.2 Å². The minimum atomic E-state index is -0.593. The second-order valence-electron chi connectivity index (χ2n) is 7.51. The largest absolute Gasteiger partial charge is 0.493 e. The highest BCUT2D eigenvalue weighted by Gasteiger charge is 2.13. The Labute approximate surface area is 210 Å². The molecule has 0 atom stereocenters. The molecule has 36 heavy (non-hydrogen) atoms. The van der Waals surface area contributed by atoms with Crippen LogP contribution >= 0.6 is 11.6 Å². The fourth-order valence-corrected chi connectivity index (χ4v) is 3.53. The molecule has 0 spiro atoms. The Bertz CT molecular complexity index is 1370. The van der Waals surface area contributed by atoms with E-state index in [1.54, 1.807) is 55.1 Å². The summed E-state index contributed by atoms with van der Waals surface area (Å²) >= 11 is 5.89. The Hall–Kier alpha value is -4.15. The summed E-state index contributed by atoms with van der Waals surface area (Å²) in [5.41, 5.74) is 3.10. The van der Waals surface area contributed by atoms with E-state index in [9.17, 15) is 9.18 Å². The van der Waals surface area contributed by atoms with Crippen LogP contribution in [0, 0.1) is 5.82 Å². The lowest BCUT2D eigenvalue weighted by Crippen LogP contribution is -2.18. The Kier molecular flexibility index (Phi) is 7.99. The van der Waals surface area contributed by atoms with Crippen molar-refractivity contribution in [2.24, 2.45) is 0 Å². The molecule has 1 heterocycles. The van der Waals surface area contributed by atoms with Gasteiger partial charge in [-0.15, -0.1) is 0 Å². The molecule has 0 aliphatic heterocycles. The van der Waals surface area contributed by atoms with Gasteiger partial charge < -0.3 is 19.5 Å². The zero-order chi connectivity index (χ0) is 25.5. The molecule has 0 radical (unpaired) electrons. The van der Waals surface area contributed by atoms with E-state index in [4.69, 9.17) is 31.0 Å². The third kappa shape index (κ3) is 5.91. The van der Waals surface area contributed by atoms with Crippen LogP contribution in [0.15, 0.2) is 60.9 Å². The topological polar surface area (TPSA) is 115 Å². The molecule has 0 fully saturated rings. The number of aromatic nitrogens is 2. The minimum Gasteiger partial charge on any atom is -0.493 e. The van der Waals surface area contributed by atoms with Crippen LogP contribution in [0.4, 0.5) is 15.9 Å². The number of nitrogens with zero attached hydrogens (tertiary/aromatic N) is 2. The van der Waals surface area contributed by atoms with E-state index in [-0.39, 0.29) is 5.02 Å². The number of carbonyl (C=O) groups excluding carboxylic acids is 1. The van der Waals surface area contributed by atoms with Gasteiger partial charge in [0.1, 0.15) is 23.7 Å². The van der Waals surface area contributed by atoms with Crippen LogP contribution in [0.5, 0.6) is 17.2 Å². The number of hydrogen-bond donors (Lipinski definition) is 3. The van der Waals surface area contributed by atoms with Gasteiger partial charge >= 0.3 is 0 Å². The number of rotatable bonds is 10. The van der Waals surface area contributed by atoms with Gasteiger partial charge in [-0.3, -0.25) is 10.0 Å². The molecule has 0 aliphatic rings. The van der Waals surface area contributed by atoms with Gasteiger partial charge in [0, 0.05) is 29.1 Å². The van der Waals surface area contributed by atoms with Gasteiger partial charge in [-0.2, -0.15) is 0 Å². The lowest BCUT2D eigenvalue weighted by Gasteiger charge is -2.14. The Morgan fingerprint density at radius 2 is 1.81 bits per heavy atom. The van der Waals surface area contributed by atoms with E-state index < -0.39 is 11.7 Å². The molecule has 1 aromatic heterocycles. The van der Waals surface area contributed by atoms with Crippen molar-refractivity contribution in [3.05, 3.63) is 77.3 Å². The molecule has 0 aliphatic carbocycles. The molecular weight excluding hydrogens is 491 g/mol. The lowest BCUT2D eigenvalue weighted by atomic mass is 10.2. The number of anilines is 2. The molecule has 0 saturated heterocycles. The summed E-state index contributed by atoms with van der Waals surface area (Å²) in [6.45, 7) is 0.722. The highest BCUT2D eigenvalue weighted by atomic mass is 35.5. The first-order chi connectivity index (χ1) is 17.5. The predicted molar refractivity (Wildman–Crippen MR) is 132 cm³/mol. The average molecular weight is 513 g/mol. The van der Waals surface area contributed by atoms with Crippen molar-refractivity contribution in [2.75, 3.05) is 25.6 Å². The maximum atomic E-state index is 13.5. The molecule has 4 aromatic rings. The van der Waals surface area contributed by atoms with Crippen LogP contribution in [-0.4, -0.2) is 41.4 Å². The molecule has 3 N–H and O–H groups in total. The number of hydrogen-bond acceptors (Lipinski definition) is 8. The van der Waals surface area contributed by atoms with Crippen molar-refractivity contribution in [1.82, 2.24) is 15.4 Å². The molecule has 0 saturated carbocycles. The van der Waals surface area contributed by atoms with Crippen LogP contribution in [0.3, 0.4) is 0 Å². The molecule has 1 amide bonds. The lowest BCUT2D eigenvalue weighted by molar-refractivity contribution is 0.0706. The van der Waals surface area contributed by atoms with Crippen LogP contribution in [-0.2, 0) is 0 Å². The zero-order valence-corrected chi connectivity index (χ0v) is 19.9. The van der Waals surface area contributed by atoms with E-state index in [2.05, 4.69) is 15.3 Å². The van der Waals surface area contributed by atoms with Crippen LogP contribution in [0.2, 0.25) is 5.02 Å². The summed E-state index contributed by atoms with van der Waals surface area (Å²) in [6.07, 6.45) is 1.99. The van der Waals surface area contributed by atoms with Gasteiger partial charge in [0.15, 0.2) is 11.5 Å². The third-order valence-electron chi connectivity index (χ3n) is 5.14.